The lowest BCUT2D eigenvalue weighted by atomic mass is 10.1. The molecule has 1 aliphatic rings. The summed E-state index contributed by atoms with van der Waals surface area (Å²) in [4.78, 5) is 22.5. The van der Waals surface area contributed by atoms with E-state index in [0.717, 1.165) is 21.8 Å². The molecule has 1 amide bonds. The molecule has 1 saturated heterocycles. The molecular formula is C20H18BrN3O4S. The molecule has 150 valence electrons. The highest BCUT2D eigenvalue weighted by Crippen LogP contribution is 2.24. The summed E-state index contributed by atoms with van der Waals surface area (Å²) in [5.41, 5.74) is 2.95. The zero-order valence-electron chi connectivity index (χ0n) is 15.5. The molecule has 2 aromatic rings. The second-order valence-corrected chi connectivity index (χ2v) is 8.41. The number of aryl methyl sites for hydroxylation is 1. The standard InChI is InChI=1S/C20H18BrN3O4S/c1-12-2-4-13(5-3-12)11-28-16-7-6-15(21)8-14(16)10-22-24-20-23-19(27)17(29-20)9-18(25)26/h2-8,10,17H,9,11H2,1H3,(H,25,26)(H,23,24,27). The summed E-state index contributed by atoms with van der Waals surface area (Å²) < 4.78 is 6.78. The number of carbonyl (C=O) groups is 2. The maximum atomic E-state index is 11.7. The fourth-order valence-electron chi connectivity index (χ4n) is 2.49. The number of amides is 1. The number of carboxylic acids is 1. The lowest BCUT2D eigenvalue weighted by Gasteiger charge is -2.09. The van der Waals surface area contributed by atoms with Crippen molar-refractivity contribution in [2.24, 2.45) is 10.2 Å². The number of rotatable bonds is 7. The molecule has 0 radical (unpaired) electrons. The molecule has 0 aromatic heterocycles. The third-order valence-electron chi connectivity index (χ3n) is 3.97. The Balaban J connectivity index is 1.68. The summed E-state index contributed by atoms with van der Waals surface area (Å²) in [6, 6.07) is 13.7. The summed E-state index contributed by atoms with van der Waals surface area (Å²) in [7, 11) is 0. The quantitative estimate of drug-likeness (QED) is 0.469. The Labute approximate surface area is 180 Å². The molecular weight excluding hydrogens is 458 g/mol. The number of nitrogens with one attached hydrogen (secondary N) is 1. The average molecular weight is 476 g/mol. The van der Waals surface area contributed by atoms with Gasteiger partial charge in [0.1, 0.15) is 17.6 Å². The molecule has 9 heteroatoms. The highest BCUT2D eigenvalue weighted by atomic mass is 79.9. The van der Waals surface area contributed by atoms with Crippen molar-refractivity contribution >= 4 is 51.0 Å². The van der Waals surface area contributed by atoms with Gasteiger partial charge in [0.05, 0.1) is 12.6 Å². The van der Waals surface area contributed by atoms with Crippen molar-refractivity contribution < 1.29 is 19.4 Å². The minimum absolute atomic E-state index is 0.262. The summed E-state index contributed by atoms with van der Waals surface area (Å²) >= 11 is 4.48. The van der Waals surface area contributed by atoms with Crippen LogP contribution in [-0.2, 0) is 16.2 Å². The number of nitrogens with zero attached hydrogens (tertiary/aromatic N) is 2. The van der Waals surface area contributed by atoms with E-state index in [1.54, 1.807) is 0 Å². The molecule has 1 unspecified atom stereocenters. The number of hydrogen-bond acceptors (Lipinski definition) is 6. The first-order chi connectivity index (χ1) is 13.9. The van der Waals surface area contributed by atoms with E-state index in [1.807, 2.05) is 49.4 Å². The van der Waals surface area contributed by atoms with Crippen LogP contribution >= 0.6 is 27.7 Å². The minimum Gasteiger partial charge on any atom is -0.488 e. The maximum absolute atomic E-state index is 11.7. The van der Waals surface area contributed by atoms with Crippen LogP contribution in [0.1, 0.15) is 23.1 Å². The van der Waals surface area contributed by atoms with E-state index in [9.17, 15) is 9.59 Å². The van der Waals surface area contributed by atoms with E-state index in [1.165, 1.54) is 11.8 Å². The van der Waals surface area contributed by atoms with Crippen LogP contribution in [0.2, 0.25) is 0 Å². The van der Waals surface area contributed by atoms with Gasteiger partial charge in [0, 0.05) is 10.0 Å². The number of benzene rings is 2. The second-order valence-electron chi connectivity index (χ2n) is 6.30. The van der Waals surface area contributed by atoms with Crippen LogP contribution in [0.4, 0.5) is 0 Å². The largest absolute Gasteiger partial charge is 0.488 e. The topological polar surface area (TPSA) is 100 Å². The molecule has 0 spiro atoms. The number of amidine groups is 1. The van der Waals surface area contributed by atoms with Gasteiger partial charge in [-0.1, -0.05) is 57.5 Å². The minimum atomic E-state index is -1.04. The van der Waals surface area contributed by atoms with Crippen LogP contribution in [-0.4, -0.2) is 33.6 Å². The van der Waals surface area contributed by atoms with Crippen molar-refractivity contribution in [2.45, 2.75) is 25.2 Å². The zero-order valence-corrected chi connectivity index (χ0v) is 17.9. The van der Waals surface area contributed by atoms with Crippen LogP contribution < -0.4 is 10.1 Å². The first-order valence-electron chi connectivity index (χ1n) is 8.69. The molecule has 2 N–H and O–H groups in total. The maximum Gasteiger partial charge on any atom is 0.305 e. The third kappa shape index (κ3) is 6.16. The fourth-order valence-corrected chi connectivity index (χ4v) is 3.78. The summed E-state index contributed by atoms with van der Waals surface area (Å²) in [5, 5.41) is 18.9. The van der Waals surface area contributed by atoms with E-state index < -0.39 is 11.2 Å². The first kappa shape index (κ1) is 21.1. The summed E-state index contributed by atoms with van der Waals surface area (Å²) in [6.45, 7) is 2.45. The molecule has 29 heavy (non-hydrogen) atoms. The van der Waals surface area contributed by atoms with Crippen LogP contribution in [0, 0.1) is 6.92 Å². The molecule has 1 heterocycles. The Kier molecular flexibility index (Phi) is 7.05. The molecule has 1 atom stereocenters. The summed E-state index contributed by atoms with van der Waals surface area (Å²) in [5.74, 6) is -0.771. The van der Waals surface area contributed by atoms with Crippen molar-refractivity contribution in [1.82, 2.24) is 5.32 Å². The van der Waals surface area contributed by atoms with Gasteiger partial charge < -0.3 is 15.2 Å². The zero-order chi connectivity index (χ0) is 20.8. The van der Waals surface area contributed by atoms with Crippen molar-refractivity contribution in [3.8, 4) is 5.75 Å². The number of ether oxygens (including phenoxy) is 1. The van der Waals surface area contributed by atoms with Gasteiger partial charge in [-0.15, -0.1) is 5.10 Å². The fraction of sp³-hybridized carbons (Fsp3) is 0.200. The Morgan fingerprint density at radius 3 is 2.79 bits per heavy atom. The van der Waals surface area contributed by atoms with Gasteiger partial charge in [-0.3, -0.25) is 9.59 Å². The van der Waals surface area contributed by atoms with Gasteiger partial charge in [0.25, 0.3) is 0 Å². The van der Waals surface area contributed by atoms with Crippen molar-refractivity contribution in [3.05, 3.63) is 63.6 Å². The van der Waals surface area contributed by atoms with Crippen LogP contribution in [0.3, 0.4) is 0 Å². The molecule has 0 saturated carbocycles. The lowest BCUT2D eigenvalue weighted by Crippen LogP contribution is -2.26. The Morgan fingerprint density at radius 2 is 2.07 bits per heavy atom. The average Bonchev–Trinajstić information content (AvgIpc) is 3.01. The van der Waals surface area contributed by atoms with Crippen LogP contribution in [0.25, 0.3) is 0 Å². The number of carbonyl (C=O) groups excluding carboxylic acids is 1. The molecule has 1 aliphatic heterocycles. The first-order valence-corrected chi connectivity index (χ1v) is 10.4. The van der Waals surface area contributed by atoms with E-state index >= 15 is 0 Å². The van der Waals surface area contributed by atoms with Crippen molar-refractivity contribution in [1.29, 1.82) is 0 Å². The molecule has 3 rings (SSSR count). The van der Waals surface area contributed by atoms with Gasteiger partial charge in [-0.25, -0.2) is 0 Å². The highest BCUT2D eigenvalue weighted by molar-refractivity contribution is 9.10. The van der Waals surface area contributed by atoms with Crippen molar-refractivity contribution in [3.63, 3.8) is 0 Å². The smallest absolute Gasteiger partial charge is 0.305 e. The third-order valence-corrected chi connectivity index (χ3v) is 5.53. The van der Waals surface area contributed by atoms with Gasteiger partial charge in [0.15, 0.2) is 5.17 Å². The van der Waals surface area contributed by atoms with Gasteiger partial charge >= 0.3 is 5.97 Å². The normalized spacial score (nSPS) is 17.7. The number of hydrogen-bond donors (Lipinski definition) is 2. The van der Waals surface area contributed by atoms with E-state index in [4.69, 9.17) is 9.84 Å². The molecule has 7 nitrogen and oxygen atoms in total. The molecule has 2 aromatic carbocycles. The predicted molar refractivity (Wildman–Crippen MR) is 116 cm³/mol. The Bertz CT molecular complexity index is 976. The number of carboxylic acid groups (broad SMARTS) is 1. The van der Waals surface area contributed by atoms with Gasteiger partial charge in [-0.2, -0.15) is 5.10 Å². The van der Waals surface area contributed by atoms with E-state index in [0.29, 0.717) is 17.9 Å². The Hall–Kier alpha value is -2.65. The molecule has 0 aliphatic carbocycles. The van der Waals surface area contributed by atoms with Gasteiger partial charge in [0.2, 0.25) is 5.91 Å². The van der Waals surface area contributed by atoms with Crippen LogP contribution in [0.5, 0.6) is 5.75 Å². The molecule has 0 bridgehead atoms. The second kappa shape index (κ2) is 9.71. The Morgan fingerprint density at radius 1 is 1.31 bits per heavy atom. The monoisotopic (exact) mass is 475 g/mol. The predicted octanol–water partition coefficient (Wildman–Crippen LogP) is 3.73. The summed E-state index contributed by atoms with van der Waals surface area (Å²) in [6.07, 6.45) is 1.27. The highest BCUT2D eigenvalue weighted by Gasteiger charge is 2.32. The number of aliphatic carboxylic acids is 1. The number of thioether (sulfide) groups is 1. The van der Waals surface area contributed by atoms with Crippen LogP contribution in [0.15, 0.2) is 57.1 Å². The SMILES string of the molecule is Cc1ccc(COc2ccc(Br)cc2C=NN=C2NC(=O)C(CC(=O)O)S2)cc1. The number of halogens is 1. The lowest BCUT2D eigenvalue weighted by molar-refractivity contribution is -0.138. The van der Waals surface area contributed by atoms with Crippen molar-refractivity contribution in [2.75, 3.05) is 0 Å². The van der Waals surface area contributed by atoms with E-state index in [2.05, 4.69) is 31.4 Å². The van der Waals surface area contributed by atoms with E-state index in [-0.39, 0.29) is 17.5 Å². The molecule has 1 fully saturated rings. The van der Waals surface area contributed by atoms with Gasteiger partial charge in [-0.05, 0) is 30.7 Å².